The van der Waals surface area contributed by atoms with E-state index in [0.717, 1.165) is 11.1 Å². The molecule has 5 heteroatoms. The molecule has 25 heavy (non-hydrogen) atoms. The van der Waals surface area contributed by atoms with Gasteiger partial charge in [-0.2, -0.15) is 0 Å². The van der Waals surface area contributed by atoms with Gasteiger partial charge in [0.15, 0.2) is 0 Å². The fraction of sp³-hybridized carbons (Fsp3) is 0.200. The van der Waals surface area contributed by atoms with Crippen molar-refractivity contribution >= 4 is 23.4 Å². The van der Waals surface area contributed by atoms with Gasteiger partial charge in [0.2, 0.25) is 11.8 Å². The van der Waals surface area contributed by atoms with Crippen molar-refractivity contribution in [2.75, 3.05) is 6.54 Å². The summed E-state index contributed by atoms with van der Waals surface area (Å²) in [5.74, 6) is -0.423. The van der Waals surface area contributed by atoms with Gasteiger partial charge in [-0.25, -0.2) is 0 Å². The zero-order valence-corrected chi connectivity index (χ0v) is 14.9. The monoisotopic (exact) mass is 356 g/mol. The summed E-state index contributed by atoms with van der Waals surface area (Å²) in [4.78, 5) is 26.6. The highest BCUT2D eigenvalue weighted by atomic mass is 35.5. The lowest BCUT2D eigenvalue weighted by atomic mass is 10.0. The number of rotatable bonds is 7. The van der Waals surface area contributed by atoms with Crippen LogP contribution >= 0.6 is 11.6 Å². The fourth-order valence-corrected chi connectivity index (χ4v) is 2.67. The molecule has 0 aliphatic heterocycles. The number of benzene rings is 2. The minimum Gasteiger partial charge on any atom is -0.351 e. The SMILES string of the molecule is C=CCNC(=O)[C@@H](c1ccccc1)N(Cc1ccc(Cl)cc1)C(C)=O. The molecule has 2 rings (SSSR count). The minimum absolute atomic E-state index is 0.183. The van der Waals surface area contributed by atoms with Gasteiger partial charge in [-0.3, -0.25) is 9.59 Å². The maximum absolute atomic E-state index is 12.7. The molecule has 2 aromatic carbocycles. The van der Waals surface area contributed by atoms with Crippen molar-refractivity contribution in [3.63, 3.8) is 0 Å². The molecule has 0 saturated heterocycles. The largest absolute Gasteiger partial charge is 0.351 e. The predicted molar refractivity (Wildman–Crippen MR) is 100 cm³/mol. The molecule has 2 aromatic rings. The Kier molecular flexibility index (Phi) is 6.78. The Morgan fingerprint density at radius 2 is 1.80 bits per heavy atom. The summed E-state index contributed by atoms with van der Waals surface area (Å²) in [6, 6.07) is 15.8. The van der Waals surface area contributed by atoms with Gasteiger partial charge in [0.25, 0.3) is 0 Å². The first kappa shape index (κ1) is 18.7. The van der Waals surface area contributed by atoms with Gasteiger partial charge in [0, 0.05) is 25.0 Å². The van der Waals surface area contributed by atoms with Crippen molar-refractivity contribution < 1.29 is 9.59 Å². The van der Waals surface area contributed by atoms with E-state index in [0.29, 0.717) is 18.1 Å². The second-order valence-corrected chi connectivity index (χ2v) is 6.06. The van der Waals surface area contributed by atoms with Crippen LogP contribution in [-0.4, -0.2) is 23.3 Å². The van der Waals surface area contributed by atoms with Crippen molar-refractivity contribution in [3.05, 3.63) is 83.4 Å². The van der Waals surface area contributed by atoms with Crippen molar-refractivity contribution in [3.8, 4) is 0 Å². The fourth-order valence-electron chi connectivity index (χ4n) is 2.55. The molecular weight excluding hydrogens is 336 g/mol. The van der Waals surface area contributed by atoms with Crippen molar-refractivity contribution in [1.29, 1.82) is 0 Å². The highest BCUT2D eigenvalue weighted by Gasteiger charge is 2.29. The number of hydrogen-bond acceptors (Lipinski definition) is 2. The Balaban J connectivity index is 2.35. The van der Waals surface area contributed by atoms with E-state index in [-0.39, 0.29) is 11.8 Å². The van der Waals surface area contributed by atoms with Crippen LogP contribution in [0.2, 0.25) is 5.02 Å². The molecular formula is C20H21ClN2O2. The molecule has 0 aliphatic carbocycles. The van der Waals surface area contributed by atoms with Crippen LogP contribution in [0.1, 0.15) is 24.1 Å². The molecule has 0 saturated carbocycles. The summed E-state index contributed by atoms with van der Waals surface area (Å²) in [6.45, 7) is 5.73. The average molecular weight is 357 g/mol. The van der Waals surface area contributed by atoms with Gasteiger partial charge in [-0.1, -0.05) is 60.1 Å². The highest BCUT2D eigenvalue weighted by Crippen LogP contribution is 2.24. The van der Waals surface area contributed by atoms with Gasteiger partial charge >= 0.3 is 0 Å². The van der Waals surface area contributed by atoms with E-state index in [9.17, 15) is 9.59 Å². The van der Waals surface area contributed by atoms with Crippen LogP contribution < -0.4 is 5.32 Å². The van der Waals surface area contributed by atoms with Crippen LogP contribution in [0, 0.1) is 0 Å². The van der Waals surface area contributed by atoms with E-state index in [2.05, 4.69) is 11.9 Å². The zero-order valence-electron chi connectivity index (χ0n) is 14.1. The first-order valence-corrected chi connectivity index (χ1v) is 8.36. The first-order chi connectivity index (χ1) is 12.0. The van der Waals surface area contributed by atoms with Crippen molar-refractivity contribution in [2.45, 2.75) is 19.5 Å². The first-order valence-electron chi connectivity index (χ1n) is 7.98. The minimum atomic E-state index is -0.714. The standard InChI is InChI=1S/C20H21ClN2O2/c1-3-13-22-20(25)19(17-7-5-4-6-8-17)23(15(2)24)14-16-9-11-18(21)12-10-16/h3-12,19H,1,13-14H2,2H3,(H,22,25)/t19-/m1/s1. The summed E-state index contributed by atoms with van der Waals surface area (Å²) in [6.07, 6.45) is 1.61. The molecule has 0 fully saturated rings. The normalized spacial score (nSPS) is 11.4. The second kappa shape index (κ2) is 9.04. The second-order valence-electron chi connectivity index (χ2n) is 5.62. The quantitative estimate of drug-likeness (QED) is 0.768. The average Bonchev–Trinajstić information content (AvgIpc) is 2.62. The molecule has 2 amide bonds. The van der Waals surface area contributed by atoms with E-state index in [1.54, 1.807) is 23.1 Å². The molecule has 0 spiro atoms. The number of carbonyl (C=O) groups excluding carboxylic acids is 2. The Morgan fingerprint density at radius 3 is 2.36 bits per heavy atom. The topological polar surface area (TPSA) is 49.4 Å². The zero-order chi connectivity index (χ0) is 18.2. The molecule has 0 radical (unpaired) electrons. The maximum Gasteiger partial charge on any atom is 0.247 e. The third-order valence-corrected chi connectivity index (χ3v) is 4.02. The van der Waals surface area contributed by atoms with Crippen molar-refractivity contribution in [1.82, 2.24) is 10.2 Å². The molecule has 130 valence electrons. The summed E-state index contributed by atoms with van der Waals surface area (Å²) >= 11 is 5.92. The molecule has 1 N–H and O–H groups in total. The Bertz CT molecular complexity index is 729. The number of halogens is 1. The van der Waals surface area contributed by atoms with Gasteiger partial charge < -0.3 is 10.2 Å². The number of amides is 2. The van der Waals surface area contributed by atoms with Crippen LogP contribution in [0.25, 0.3) is 0 Å². The lowest BCUT2D eigenvalue weighted by Gasteiger charge is -2.30. The Morgan fingerprint density at radius 1 is 1.16 bits per heavy atom. The van der Waals surface area contributed by atoms with E-state index < -0.39 is 6.04 Å². The molecule has 0 aliphatic rings. The van der Waals surface area contributed by atoms with Crippen LogP contribution in [0.4, 0.5) is 0 Å². The molecule has 0 aromatic heterocycles. The number of carbonyl (C=O) groups is 2. The highest BCUT2D eigenvalue weighted by molar-refractivity contribution is 6.30. The third-order valence-electron chi connectivity index (χ3n) is 3.77. The van der Waals surface area contributed by atoms with Gasteiger partial charge in [-0.05, 0) is 23.3 Å². The molecule has 4 nitrogen and oxygen atoms in total. The smallest absolute Gasteiger partial charge is 0.247 e. The van der Waals surface area contributed by atoms with E-state index in [1.807, 2.05) is 42.5 Å². The lowest BCUT2D eigenvalue weighted by molar-refractivity contribution is -0.139. The summed E-state index contributed by atoms with van der Waals surface area (Å²) < 4.78 is 0. The number of nitrogens with one attached hydrogen (secondary N) is 1. The van der Waals surface area contributed by atoms with Crippen LogP contribution in [0.15, 0.2) is 67.3 Å². The Hall–Kier alpha value is -2.59. The van der Waals surface area contributed by atoms with Gasteiger partial charge in [0.1, 0.15) is 6.04 Å². The van der Waals surface area contributed by atoms with Crippen LogP contribution in [0.5, 0.6) is 0 Å². The van der Waals surface area contributed by atoms with Crippen molar-refractivity contribution in [2.24, 2.45) is 0 Å². The predicted octanol–water partition coefficient (Wildman–Crippen LogP) is 3.73. The lowest BCUT2D eigenvalue weighted by Crippen LogP contribution is -2.42. The van der Waals surface area contributed by atoms with E-state index in [4.69, 9.17) is 11.6 Å². The Labute approximate surface area is 153 Å². The number of nitrogens with zero attached hydrogens (tertiary/aromatic N) is 1. The third kappa shape index (κ3) is 5.19. The van der Waals surface area contributed by atoms with E-state index in [1.165, 1.54) is 6.92 Å². The molecule has 1 atom stereocenters. The van der Waals surface area contributed by atoms with Gasteiger partial charge in [-0.15, -0.1) is 6.58 Å². The maximum atomic E-state index is 12.7. The van der Waals surface area contributed by atoms with Gasteiger partial charge in [0.05, 0.1) is 0 Å². The molecule has 0 bridgehead atoms. The summed E-state index contributed by atoms with van der Waals surface area (Å²) in [5, 5.41) is 3.42. The summed E-state index contributed by atoms with van der Waals surface area (Å²) in [7, 11) is 0. The van der Waals surface area contributed by atoms with Crippen LogP contribution in [0.3, 0.4) is 0 Å². The molecule has 0 unspecified atom stereocenters. The van der Waals surface area contributed by atoms with E-state index >= 15 is 0 Å². The summed E-state index contributed by atoms with van der Waals surface area (Å²) in [5.41, 5.74) is 1.66. The number of hydrogen-bond donors (Lipinski definition) is 1. The van der Waals surface area contributed by atoms with Crippen LogP contribution in [-0.2, 0) is 16.1 Å². The molecule has 0 heterocycles.